The zero-order valence-corrected chi connectivity index (χ0v) is 15.7. The lowest BCUT2D eigenvalue weighted by Crippen LogP contribution is -2.16. The van der Waals surface area contributed by atoms with Crippen LogP contribution in [0.4, 0.5) is 11.4 Å². The van der Waals surface area contributed by atoms with Gasteiger partial charge in [0, 0.05) is 16.1 Å². The third-order valence-corrected chi connectivity index (χ3v) is 4.89. The van der Waals surface area contributed by atoms with Crippen LogP contribution in [0.25, 0.3) is 11.3 Å². The van der Waals surface area contributed by atoms with E-state index in [1.165, 1.54) is 17.5 Å². The van der Waals surface area contributed by atoms with Crippen LogP contribution in [-0.4, -0.2) is 10.8 Å². The highest BCUT2D eigenvalue weighted by molar-refractivity contribution is 8.00. The number of anilines is 2. The van der Waals surface area contributed by atoms with Crippen molar-refractivity contribution in [1.82, 2.24) is 4.98 Å². The van der Waals surface area contributed by atoms with Crippen molar-refractivity contribution in [3.63, 3.8) is 0 Å². The highest BCUT2D eigenvalue weighted by Crippen LogP contribution is 2.31. The molecule has 0 amide bonds. The van der Waals surface area contributed by atoms with Crippen molar-refractivity contribution in [2.75, 3.05) is 10.5 Å². The van der Waals surface area contributed by atoms with Gasteiger partial charge in [-0.05, 0) is 61.3 Å². The van der Waals surface area contributed by atoms with E-state index >= 15 is 0 Å². The molecule has 0 aliphatic heterocycles. The fraction of sp³-hybridized carbons (Fsp3) is 0.0526. The van der Waals surface area contributed by atoms with Gasteiger partial charge in [0.2, 0.25) is 0 Å². The number of nitrogens with zero attached hydrogens (tertiary/aromatic N) is 1. The van der Waals surface area contributed by atoms with Crippen LogP contribution >= 0.6 is 23.5 Å². The summed E-state index contributed by atoms with van der Waals surface area (Å²) in [4.78, 5) is 5.46. The van der Waals surface area contributed by atoms with Gasteiger partial charge in [-0.25, -0.2) is 4.98 Å². The van der Waals surface area contributed by atoms with Gasteiger partial charge >= 0.3 is 0 Å². The molecular formula is C19H18ClN5S. The molecular weight excluding hydrogens is 366 g/mol. The number of aromatic nitrogens is 1. The molecule has 0 fully saturated rings. The lowest BCUT2D eigenvalue weighted by Gasteiger charge is -2.11. The van der Waals surface area contributed by atoms with Crippen LogP contribution in [-0.2, 0) is 0 Å². The predicted octanol–water partition coefficient (Wildman–Crippen LogP) is 4.70. The Kier molecular flexibility index (Phi) is 5.35. The van der Waals surface area contributed by atoms with Crippen molar-refractivity contribution in [2.45, 2.75) is 11.8 Å². The van der Waals surface area contributed by atoms with Gasteiger partial charge in [0.25, 0.3) is 0 Å². The van der Waals surface area contributed by atoms with Gasteiger partial charge in [-0.3, -0.25) is 5.41 Å². The van der Waals surface area contributed by atoms with E-state index < -0.39 is 0 Å². The van der Waals surface area contributed by atoms with Crippen LogP contribution in [0.1, 0.15) is 11.3 Å². The van der Waals surface area contributed by atoms with Crippen molar-refractivity contribution >= 4 is 40.8 Å². The number of pyridine rings is 1. The molecule has 1 heterocycles. The first-order chi connectivity index (χ1) is 12.4. The highest BCUT2D eigenvalue weighted by atomic mass is 35.5. The molecule has 0 bridgehead atoms. The number of rotatable bonds is 5. The van der Waals surface area contributed by atoms with Crippen molar-refractivity contribution in [2.24, 2.45) is 5.73 Å². The van der Waals surface area contributed by atoms with Gasteiger partial charge in [0.1, 0.15) is 11.5 Å². The molecule has 5 nitrogen and oxygen atoms in total. The summed E-state index contributed by atoms with van der Waals surface area (Å²) in [7, 11) is 0. The smallest absolute Gasteiger partial charge is 0.143 e. The van der Waals surface area contributed by atoms with Crippen LogP contribution < -0.4 is 16.2 Å². The summed E-state index contributed by atoms with van der Waals surface area (Å²) in [6.07, 6.45) is 0. The third-order valence-electron chi connectivity index (χ3n) is 3.73. The third kappa shape index (κ3) is 4.09. The summed E-state index contributed by atoms with van der Waals surface area (Å²) in [5, 5.41) is 8.11. The summed E-state index contributed by atoms with van der Waals surface area (Å²) in [5.74, 6) is -0.173. The minimum Gasteiger partial charge on any atom is -0.397 e. The number of halogens is 1. The predicted molar refractivity (Wildman–Crippen MR) is 111 cm³/mol. The van der Waals surface area contributed by atoms with E-state index in [0.29, 0.717) is 16.4 Å². The average molecular weight is 384 g/mol. The van der Waals surface area contributed by atoms with Crippen LogP contribution in [0.3, 0.4) is 0 Å². The molecule has 26 heavy (non-hydrogen) atoms. The highest BCUT2D eigenvalue weighted by Gasteiger charge is 2.11. The summed E-state index contributed by atoms with van der Waals surface area (Å²) in [6.45, 7) is 2.06. The number of nitrogen functional groups attached to an aromatic ring is 2. The molecule has 0 spiro atoms. The quantitative estimate of drug-likeness (QED) is 0.291. The summed E-state index contributed by atoms with van der Waals surface area (Å²) in [6, 6.07) is 17.3. The van der Waals surface area contributed by atoms with Crippen molar-refractivity contribution in [3.8, 4) is 11.3 Å². The Morgan fingerprint density at radius 3 is 2.50 bits per heavy atom. The second kappa shape index (κ2) is 7.68. The molecule has 0 aliphatic carbocycles. The van der Waals surface area contributed by atoms with Crippen LogP contribution in [0, 0.1) is 12.3 Å². The lowest BCUT2D eigenvalue weighted by molar-refractivity contribution is 1.26. The largest absolute Gasteiger partial charge is 0.397 e. The fourth-order valence-electron chi connectivity index (χ4n) is 2.35. The van der Waals surface area contributed by atoms with Crippen LogP contribution in [0.2, 0.25) is 5.02 Å². The molecule has 0 saturated heterocycles. The number of benzene rings is 2. The zero-order chi connectivity index (χ0) is 18.7. The standard InChI is InChI=1S/C19H18ClN5S/c1-11-2-5-13(6-3-11)26-25-12-4-7-14(15(20)10-12)17-9-8-16(21)18(24-17)19(22)23/h2-10,25H,21H2,1H3,(H3,22,23). The Morgan fingerprint density at radius 2 is 1.85 bits per heavy atom. The molecule has 0 aliphatic rings. The van der Waals surface area contributed by atoms with Gasteiger partial charge in [-0.15, -0.1) is 0 Å². The van der Waals surface area contributed by atoms with E-state index in [9.17, 15) is 0 Å². The maximum Gasteiger partial charge on any atom is 0.143 e. The Morgan fingerprint density at radius 1 is 1.12 bits per heavy atom. The monoisotopic (exact) mass is 383 g/mol. The van der Waals surface area contributed by atoms with E-state index in [-0.39, 0.29) is 11.5 Å². The van der Waals surface area contributed by atoms with Gasteiger partial charge in [0.05, 0.1) is 16.4 Å². The molecule has 3 aromatic rings. The van der Waals surface area contributed by atoms with Gasteiger partial charge in [-0.1, -0.05) is 29.3 Å². The van der Waals surface area contributed by atoms with E-state index in [1.807, 2.05) is 18.2 Å². The topological polar surface area (TPSA) is 101 Å². The Bertz CT molecular complexity index is 957. The average Bonchev–Trinajstić information content (AvgIpc) is 2.62. The number of aryl methyl sites for hydroxylation is 1. The van der Waals surface area contributed by atoms with Crippen LogP contribution in [0.5, 0.6) is 0 Å². The SMILES string of the molecule is Cc1ccc(SNc2ccc(-c3ccc(N)c(C(=N)N)n3)c(Cl)c2)cc1. The second-order valence-electron chi connectivity index (χ2n) is 5.76. The van der Waals surface area contributed by atoms with E-state index in [1.54, 1.807) is 12.1 Å². The first-order valence-corrected chi connectivity index (χ1v) is 9.04. The number of hydrogen-bond acceptors (Lipinski definition) is 5. The molecule has 0 atom stereocenters. The molecule has 2 aromatic carbocycles. The number of amidine groups is 1. The molecule has 0 radical (unpaired) electrons. The van der Waals surface area contributed by atoms with Crippen molar-refractivity contribution in [1.29, 1.82) is 5.41 Å². The molecule has 7 heteroatoms. The fourth-order valence-corrected chi connectivity index (χ4v) is 3.26. The first kappa shape index (κ1) is 18.1. The van der Waals surface area contributed by atoms with E-state index in [4.69, 9.17) is 28.5 Å². The Hall–Kier alpha value is -2.70. The van der Waals surface area contributed by atoms with E-state index in [0.717, 1.165) is 16.1 Å². The van der Waals surface area contributed by atoms with Crippen molar-refractivity contribution in [3.05, 3.63) is 70.9 Å². The number of nitrogens with one attached hydrogen (secondary N) is 2. The lowest BCUT2D eigenvalue weighted by atomic mass is 10.1. The molecule has 3 rings (SSSR count). The van der Waals surface area contributed by atoms with E-state index in [2.05, 4.69) is 40.9 Å². The van der Waals surface area contributed by atoms with Gasteiger partial charge in [-0.2, -0.15) is 0 Å². The Balaban J connectivity index is 1.80. The number of nitrogens with two attached hydrogens (primary N) is 2. The van der Waals surface area contributed by atoms with Crippen LogP contribution in [0.15, 0.2) is 59.5 Å². The first-order valence-electron chi connectivity index (χ1n) is 7.84. The minimum atomic E-state index is -0.173. The maximum atomic E-state index is 7.56. The molecule has 132 valence electrons. The summed E-state index contributed by atoms with van der Waals surface area (Å²) < 4.78 is 3.28. The van der Waals surface area contributed by atoms with Gasteiger partial charge < -0.3 is 16.2 Å². The second-order valence-corrected chi connectivity index (χ2v) is 7.05. The van der Waals surface area contributed by atoms with Crippen molar-refractivity contribution < 1.29 is 0 Å². The Labute approximate surface area is 161 Å². The maximum absolute atomic E-state index is 7.56. The number of hydrogen-bond donors (Lipinski definition) is 4. The zero-order valence-electron chi connectivity index (χ0n) is 14.1. The van der Waals surface area contributed by atoms with Gasteiger partial charge in [0.15, 0.2) is 0 Å². The molecule has 1 aromatic heterocycles. The molecule has 6 N–H and O–H groups in total. The minimum absolute atomic E-state index is 0.173. The molecule has 0 unspecified atom stereocenters. The summed E-state index contributed by atoms with van der Waals surface area (Å²) in [5.41, 5.74) is 15.4. The molecule has 0 saturated carbocycles. The normalized spacial score (nSPS) is 10.5. The summed E-state index contributed by atoms with van der Waals surface area (Å²) >= 11 is 7.95.